The summed E-state index contributed by atoms with van der Waals surface area (Å²) in [6.07, 6.45) is 0.578. The van der Waals surface area contributed by atoms with Crippen molar-refractivity contribution in [3.8, 4) is 0 Å². The molecule has 1 heterocycles. The van der Waals surface area contributed by atoms with Crippen molar-refractivity contribution < 1.29 is 14.1 Å². The van der Waals surface area contributed by atoms with Gasteiger partial charge in [-0.15, -0.1) is 0 Å². The average molecular weight is 304 g/mol. The third-order valence-corrected chi connectivity index (χ3v) is 3.10. The number of rotatable bonds is 7. The number of ether oxygens (including phenoxy) is 1. The predicted molar refractivity (Wildman–Crippen MR) is 80.0 cm³/mol. The van der Waals surface area contributed by atoms with E-state index in [1.807, 2.05) is 30.3 Å². The van der Waals surface area contributed by atoms with Crippen molar-refractivity contribution in [3.05, 3.63) is 47.6 Å². The summed E-state index contributed by atoms with van der Waals surface area (Å²) in [5.41, 5.74) is 6.75. The fraction of sp³-hybridized carbons (Fsp3) is 0.400. The van der Waals surface area contributed by atoms with E-state index in [-0.39, 0.29) is 12.5 Å². The number of hydrogen-bond acceptors (Lipinski definition) is 6. The highest BCUT2D eigenvalue weighted by molar-refractivity contribution is 5.81. The second-order valence-corrected chi connectivity index (χ2v) is 5.00. The Morgan fingerprint density at radius 3 is 2.82 bits per heavy atom. The number of benzene rings is 1. The summed E-state index contributed by atoms with van der Waals surface area (Å²) >= 11 is 0. The Bertz CT molecular complexity index is 600. The number of nitrogens with two attached hydrogens (primary N) is 1. The van der Waals surface area contributed by atoms with Gasteiger partial charge in [0.15, 0.2) is 5.82 Å². The fourth-order valence-electron chi connectivity index (χ4n) is 1.93. The van der Waals surface area contributed by atoms with E-state index in [4.69, 9.17) is 15.0 Å². The van der Waals surface area contributed by atoms with Crippen molar-refractivity contribution in [2.75, 3.05) is 13.7 Å². The maximum Gasteiger partial charge on any atom is 0.248 e. The molecule has 3 N–H and O–H groups in total. The number of nitrogens with one attached hydrogen (secondary N) is 1. The lowest BCUT2D eigenvalue weighted by molar-refractivity contribution is -0.124. The van der Waals surface area contributed by atoms with E-state index >= 15 is 0 Å². The van der Waals surface area contributed by atoms with Crippen LogP contribution in [0.1, 0.15) is 30.2 Å². The number of methoxy groups -OCH3 is 1. The summed E-state index contributed by atoms with van der Waals surface area (Å²) in [6, 6.07) is 8.71. The van der Waals surface area contributed by atoms with Gasteiger partial charge in [0.2, 0.25) is 11.8 Å². The van der Waals surface area contributed by atoms with Crippen molar-refractivity contribution in [3.63, 3.8) is 0 Å². The van der Waals surface area contributed by atoms with Gasteiger partial charge in [-0.05, 0) is 12.5 Å². The Labute approximate surface area is 128 Å². The highest BCUT2D eigenvalue weighted by atomic mass is 16.5. The van der Waals surface area contributed by atoms with E-state index < -0.39 is 12.1 Å². The summed E-state index contributed by atoms with van der Waals surface area (Å²) in [4.78, 5) is 16.1. The van der Waals surface area contributed by atoms with Crippen molar-refractivity contribution >= 4 is 5.91 Å². The molecule has 0 spiro atoms. The number of hydrogen-bond donors (Lipinski definition) is 2. The van der Waals surface area contributed by atoms with E-state index in [1.165, 1.54) is 7.11 Å². The van der Waals surface area contributed by atoms with Gasteiger partial charge in [-0.2, -0.15) is 4.98 Å². The van der Waals surface area contributed by atoms with Crippen LogP contribution in [0.3, 0.4) is 0 Å². The van der Waals surface area contributed by atoms with Gasteiger partial charge in [0, 0.05) is 13.5 Å². The van der Waals surface area contributed by atoms with E-state index in [0.717, 1.165) is 5.56 Å². The molecule has 1 aromatic carbocycles. The van der Waals surface area contributed by atoms with Gasteiger partial charge in [-0.3, -0.25) is 4.79 Å². The molecule has 0 saturated heterocycles. The summed E-state index contributed by atoms with van der Waals surface area (Å²) in [5, 5.41) is 6.65. The van der Waals surface area contributed by atoms with Crippen LogP contribution in [0.25, 0.3) is 0 Å². The number of nitrogens with zero attached hydrogens (tertiary/aromatic N) is 2. The van der Waals surface area contributed by atoms with Crippen LogP contribution in [-0.4, -0.2) is 35.8 Å². The van der Waals surface area contributed by atoms with Crippen LogP contribution < -0.4 is 11.1 Å². The fourth-order valence-corrected chi connectivity index (χ4v) is 1.93. The maximum absolute atomic E-state index is 11.8. The lowest BCUT2D eigenvalue weighted by Gasteiger charge is -2.14. The zero-order valence-corrected chi connectivity index (χ0v) is 12.7. The van der Waals surface area contributed by atoms with Gasteiger partial charge in [0.25, 0.3) is 0 Å². The molecule has 0 radical (unpaired) electrons. The lowest BCUT2D eigenvalue weighted by atomic mass is 10.1. The monoisotopic (exact) mass is 304 g/mol. The Balaban J connectivity index is 1.94. The van der Waals surface area contributed by atoms with Gasteiger partial charge < -0.3 is 20.3 Å². The topological polar surface area (TPSA) is 103 Å². The van der Waals surface area contributed by atoms with E-state index in [0.29, 0.717) is 18.1 Å². The Morgan fingerprint density at radius 1 is 1.41 bits per heavy atom. The quantitative estimate of drug-likeness (QED) is 0.784. The van der Waals surface area contributed by atoms with Gasteiger partial charge >= 0.3 is 0 Å². The molecule has 1 amide bonds. The van der Waals surface area contributed by atoms with Crippen LogP contribution >= 0.6 is 0 Å². The van der Waals surface area contributed by atoms with Crippen LogP contribution in [0.2, 0.25) is 0 Å². The molecule has 0 saturated carbocycles. The number of carbonyl (C=O) groups is 1. The molecular formula is C15H20N4O3. The van der Waals surface area contributed by atoms with Gasteiger partial charge in [-0.25, -0.2) is 0 Å². The number of amides is 1. The molecule has 2 unspecified atom stereocenters. The minimum absolute atomic E-state index is 0.154. The molecule has 1 aromatic heterocycles. The van der Waals surface area contributed by atoms with E-state index in [1.54, 1.807) is 6.92 Å². The number of carbonyl (C=O) groups excluding carboxylic acids is 1. The first kappa shape index (κ1) is 16.1. The van der Waals surface area contributed by atoms with Gasteiger partial charge in [-0.1, -0.05) is 35.5 Å². The van der Waals surface area contributed by atoms with Crippen molar-refractivity contribution in [1.29, 1.82) is 0 Å². The Hall–Kier alpha value is -2.25. The minimum Gasteiger partial charge on any atom is -0.383 e. The minimum atomic E-state index is -0.723. The van der Waals surface area contributed by atoms with E-state index in [9.17, 15) is 4.79 Å². The molecule has 0 aliphatic carbocycles. The normalized spacial score (nSPS) is 13.6. The Morgan fingerprint density at radius 2 is 2.14 bits per heavy atom. The third-order valence-electron chi connectivity index (χ3n) is 3.10. The maximum atomic E-state index is 11.8. The SMILES string of the molecule is COCC(N)C(=O)NC(C)c1nc(Cc2ccccc2)no1. The first-order valence-corrected chi connectivity index (χ1v) is 7.01. The van der Waals surface area contributed by atoms with Crippen molar-refractivity contribution in [1.82, 2.24) is 15.5 Å². The average Bonchev–Trinajstić information content (AvgIpc) is 2.97. The molecule has 118 valence electrons. The summed E-state index contributed by atoms with van der Waals surface area (Å²) in [5.74, 6) is 0.601. The Kier molecular flexibility index (Phi) is 5.62. The molecule has 2 atom stereocenters. The molecule has 2 aromatic rings. The summed E-state index contributed by atoms with van der Waals surface area (Å²) in [7, 11) is 1.49. The standard InChI is InChI=1S/C15H20N4O3/c1-10(17-14(20)12(16)9-21-2)15-18-13(19-22-15)8-11-6-4-3-5-7-11/h3-7,10,12H,8-9,16H2,1-2H3,(H,17,20). The van der Waals surface area contributed by atoms with E-state index in [2.05, 4.69) is 15.5 Å². The van der Waals surface area contributed by atoms with Crippen molar-refractivity contribution in [2.45, 2.75) is 25.4 Å². The molecule has 2 rings (SSSR count). The van der Waals surface area contributed by atoms with Crippen LogP contribution in [0.4, 0.5) is 0 Å². The zero-order valence-electron chi connectivity index (χ0n) is 12.7. The molecule has 0 aliphatic rings. The molecule has 7 nitrogen and oxygen atoms in total. The second-order valence-electron chi connectivity index (χ2n) is 5.00. The molecule has 0 fully saturated rings. The summed E-state index contributed by atoms with van der Waals surface area (Å²) in [6.45, 7) is 1.92. The molecule has 0 aliphatic heterocycles. The predicted octanol–water partition coefficient (Wildman–Crippen LogP) is 0.811. The molecular weight excluding hydrogens is 284 g/mol. The highest BCUT2D eigenvalue weighted by Crippen LogP contribution is 2.12. The smallest absolute Gasteiger partial charge is 0.248 e. The highest BCUT2D eigenvalue weighted by Gasteiger charge is 2.20. The first-order chi connectivity index (χ1) is 10.6. The second kappa shape index (κ2) is 7.67. The number of aromatic nitrogens is 2. The van der Waals surface area contributed by atoms with Gasteiger partial charge in [0.1, 0.15) is 12.1 Å². The van der Waals surface area contributed by atoms with Crippen LogP contribution in [0.5, 0.6) is 0 Å². The molecule has 0 bridgehead atoms. The van der Waals surface area contributed by atoms with Crippen molar-refractivity contribution in [2.24, 2.45) is 5.73 Å². The first-order valence-electron chi connectivity index (χ1n) is 7.01. The molecule has 22 heavy (non-hydrogen) atoms. The van der Waals surface area contributed by atoms with Crippen LogP contribution in [0, 0.1) is 0 Å². The largest absolute Gasteiger partial charge is 0.383 e. The molecule has 7 heteroatoms. The van der Waals surface area contributed by atoms with Crippen LogP contribution in [0.15, 0.2) is 34.9 Å². The van der Waals surface area contributed by atoms with Gasteiger partial charge in [0.05, 0.1) is 6.61 Å². The summed E-state index contributed by atoms with van der Waals surface area (Å²) < 4.78 is 10.0. The van der Waals surface area contributed by atoms with Crippen LogP contribution in [-0.2, 0) is 16.0 Å². The lowest BCUT2D eigenvalue weighted by Crippen LogP contribution is -2.44. The zero-order chi connectivity index (χ0) is 15.9. The third kappa shape index (κ3) is 4.37.